The smallest absolute Gasteiger partial charge is 0.313 e. The fourth-order valence-electron chi connectivity index (χ4n) is 2.53. The maximum atomic E-state index is 10.6. The summed E-state index contributed by atoms with van der Waals surface area (Å²) >= 11 is 1.15. The Morgan fingerprint density at radius 3 is 2.85 bits per heavy atom. The standard InChI is InChI=1S/C12H21N5O2S/c1-16(9-4-2-3-5-9)6-7-17-11(13)14-15-12(17)20-8-10(18)19/h9H,2-8H2,1H3,(H2,13,14)(H,18,19). The van der Waals surface area contributed by atoms with Gasteiger partial charge in [-0.15, -0.1) is 10.2 Å². The molecule has 20 heavy (non-hydrogen) atoms. The first-order chi connectivity index (χ1) is 9.58. The Morgan fingerprint density at radius 1 is 1.50 bits per heavy atom. The van der Waals surface area contributed by atoms with Gasteiger partial charge in [-0.3, -0.25) is 9.36 Å². The molecular weight excluding hydrogens is 278 g/mol. The molecule has 1 saturated carbocycles. The topological polar surface area (TPSA) is 97.3 Å². The number of hydrogen-bond donors (Lipinski definition) is 2. The molecule has 0 aliphatic heterocycles. The van der Waals surface area contributed by atoms with E-state index < -0.39 is 5.97 Å². The molecule has 1 heterocycles. The Balaban J connectivity index is 1.90. The number of carboxylic acids is 1. The largest absolute Gasteiger partial charge is 0.481 e. The molecule has 112 valence electrons. The lowest BCUT2D eigenvalue weighted by Crippen LogP contribution is -2.32. The highest BCUT2D eigenvalue weighted by atomic mass is 32.2. The number of aromatic nitrogens is 3. The van der Waals surface area contributed by atoms with Crippen molar-refractivity contribution in [3.8, 4) is 0 Å². The molecule has 2 rings (SSSR count). The minimum atomic E-state index is -0.869. The van der Waals surface area contributed by atoms with Gasteiger partial charge < -0.3 is 15.7 Å². The summed E-state index contributed by atoms with van der Waals surface area (Å²) in [5, 5.41) is 17.1. The molecule has 0 saturated heterocycles. The molecule has 3 N–H and O–H groups in total. The van der Waals surface area contributed by atoms with Gasteiger partial charge in [-0.2, -0.15) is 0 Å². The van der Waals surface area contributed by atoms with Gasteiger partial charge in [0.2, 0.25) is 5.95 Å². The molecule has 0 amide bonds. The van der Waals surface area contributed by atoms with Gasteiger partial charge in [0.1, 0.15) is 0 Å². The Morgan fingerprint density at radius 2 is 2.20 bits per heavy atom. The number of carbonyl (C=O) groups is 1. The SMILES string of the molecule is CN(CCn1c(N)nnc1SCC(=O)O)C1CCCC1. The lowest BCUT2D eigenvalue weighted by molar-refractivity contribution is -0.133. The van der Waals surface area contributed by atoms with E-state index in [1.165, 1.54) is 25.7 Å². The van der Waals surface area contributed by atoms with Crippen molar-refractivity contribution in [3.63, 3.8) is 0 Å². The van der Waals surface area contributed by atoms with Crippen LogP contribution in [0.3, 0.4) is 0 Å². The lowest BCUT2D eigenvalue weighted by atomic mass is 10.2. The Kier molecular flexibility index (Phi) is 5.24. The second kappa shape index (κ2) is 6.94. The minimum Gasteiger partial charge on any atom is -0.481 e. The highest BCUT2D eigenvalue weighted by molar-refractivity contribution is 7.99. The molecule has 0 aromatic carbocycles. The number of likely N-dealkylation sites (N-methyl/N-ethyl adjacent to an activating group) is 1. The quantitative estimate of drug-likeness (QED) is 0.722. The third-order valence-electron chi connectivity index (χ3n) is 3.69. The van der Waals surface area contributed by atoms with Crippen LogP contribution in [-0.4, -0.2) is 56.1 Å². The number of aliphatic carboxylic acids is 1. The molecule has 0 radical (unpaired) electrons. The van der Waals surface area contributed by atoms with Crippen LogP contribution in [0, 0.1) is 0 Å². The zero-order valence-electron chi connectivity index (χ0n) is 11.7. The highest BCUT2D eigenvalue weighted by Gasteiger charge is 2.20. The number of nitrogens with two attached hydrogens (primary N) is 1. The molecule has 8 heteroatoms. The maximum absolute atomic E-state index is 10.6. The Hall–Kier alpha value is -1.28. The number of carboxylic acid groups (broad SMARTS) is 1. The van der Waals surface area contributed by atoms with Gasteiger partial charge in [0.25, 0.3) is 0 Å². The number of rotatable bonds is 7. The zero-order chi connectivity index (χ0) is 14.5. The van der Waals surface area contributed by atoms with Crippen LogP contribution >= 0.6 is 11.8 Å². The van der Waals surface area contributed by atoms with E-state index in [9.17, 15) is 4.79 Å². The average molecular weight is 299 g/mol. The van der Waals surface area contributed by atoms with Crippen molar-refractivity contribution in [1.29, 1.82) is 0 Å². The van der Waals surface area contributed by atoms with Crippen molar-refractivity contribution in [2.45, 2.75) is 43.4 Å². The maximum Gasteiger partial charge on any atom is 0.313 e. The van der Waals surface area contributed by atoms with E-state index >= 15 is 0 Å². The molecule has 0 spiro atoms. The molecule has 1 aliphatic carbocycles. The molecule has 1 aromatic rings. The van der Waals surface area contributed by atoms with E-state index in [4.69, 9.17) is 10.8 Å². The molecule has 7 nitrogen and oxygen atoms in total. The number of hydrogen-bond acceptors (Lipinski definition) is 6. The number of nitrogens with zero attached hydrogens (tertiary/aromatic N) is 4. The Labute approximate surface area is 122 Å². The predicted molar refractivity (Wildman–Crippen MR) is 77.7 cm³/mol. The first kappa shape index (κ1) is 15.1. The first-order valence-corrected chi connectivity index (χ1v) is 7.80. The summed E-state index contributed by atoms with van der Waals surface area (Å²) in [6.07, 6.45) is 5.14. The fraction of sp³-hybridized carbons (Fsp3) is 0.750. The number of thioether (sulfide) groups is 1. The summed E-state index contributed by atoms with van der Waals surface area (Å²) in [5.41, 5.74) is 5.80. The molecule has 0 atom stereocenters. The summed E-state index contributed by atoms with van der Waals surface area (Å²) in [6.45, 7) is 1.56. The molecule has 1 fully saturated rings. The molecule has 1 aliphatic rings. The fourth-order valence-corrected chi connectivity index (χ4v) is 3.22. The van der Waals surface area contributed by atoms with Crippen LogP contribution in [0.4, 0.5) is 5.95 Å². The predicted octanol–water partition coefficient (Wildman–Crippen LogP) is 0.911. The van der Waals surface area contributed by atoms with Crippen LogP contribution < -0.4 is 5.73 Å². The van der Waals surface area contributed by atoms with Crippen LogP contribution in [0.15, 0.2) is 5.16 Å². The van der Waals surface area contributed by atoms with Crippen LogP contribution in [0.1, 0.15) is 25.7 Å². The van der Waals surface area contributed by atoms with E-state index in [0.29, 0.717) is 23.7 Å². The van der Waals surface area contributed by atoms with Crippen LogP contribution in [0.2, 0.25) is 0 Å². The number of anilines is 1. The normalized spacial score (nSPS) is 16.1. The van der Waals surface area contributed by atoms with E-state index in [-0.39, 0.29) is 5.75 Å². The van der Waals surface area contributed by atoms with Gasteiger partial charge in [0, 0.05) is 19.1 Å². The van der Waals surface area contributed by atoms with E-state index in [0.717, 1.165) is 18.3 Å². The number of nitrogen functional groups attached to an aromatic ring is 1. The molecule has 0 bridgehead atoms. The van der Waals surface area contributed by atoms with Crippen molar-refractivity contribution in [3.05, 3.63) is 0 Å². The summed E-state index contributed by atoms with van der Waals surface area (Å²) < 4.78 is 1.79. The van der Waals surface area contributed by atoms with Gasteiger partial charge in [-0.25, -0.2) is 0 Å². The molecule has 0 unspecified atom stereocenters. The summed E-state index contributed by atoms with van der Waals surface area (Å²) in [5.74, 6) is -0.555. The highest BCUT2D eigenvalue weighted by Crippen LogP contribution is 2.23. The lowest BCUT2D eigenvalue weighted by Gasteiger charge is -2.24. The monoisotopic (exact) mass is 299 g/mol. The minimum absolute atomic E-state index is 0.0312. The van der Waals surface area contributed by atoms with Crippen molar-refractivity contribution in [2.24, 2.45) is 0 Å². The second-order valence-electron chi connectivity index (χ2n) is 5.09. The van der Waals surface area contributed by atoms with E-state index in [2.05, 4.69) is 22.1 Å². The Bertz CT molecular complexity index is 459. The third kappa shape index (κ3) is 3.86. The van der Waals surface area contributed by atoms with Gasteiger partial charge in [0.15, 0.2) is 5.16 Å². The van der Waals surface area contributed by atoms with Crippen molar-refractivity contribution in [2.75, 3.05) is 25.1 Å². The molecular formula is C12H21N5O2S. The third-order valence-corrected chi connectivity index (χ3v) is 4.65. The molecule has 1 aromatic heterocycles. The van der Waals surface area contributed by atoms with Crippen molar-refractivity contribution >= 4 is 23.7 Å². The summed E-state index contributed by atoms with van der Waals surface area (Å²) in [6, 6.07) is 0.655. The summed E-state index contributed by atoms with van der Waals surface area (Å²) in [4.78, 5) is 13.0. The summed E-state index contributed by atoms with van der Waals surface area (Å²) in [7, 11) is 2.13. The van der Waals surface area contributed by atoms with Crippen molar-refractivity contribution < 1.29 is 9.90 Å². The van der Waals surface area contributed by atoms with Crippen LogP contribution in [0.25, 0.3) is 0 Å². The van der Waals surface area contributed by atoms with Gasteiger partial charge in [-0.1, -0.05) is 24.6 Å². The van der Waals surface area contributed by atoms with Gasteiger partial charge in [0.05, 0.1) is 5.75 Å². The van der Waals surface area contributed by atoms with Gasteiger partial charge in [-0.05, 0) is 19.9 Å². The van der Waals surface area contributed by atoms with E-state index in [1.54, 1.807) is 4.57 Å². The average Bonchev–Trinajstić information content (AvgIpc) is 3.04. The van der Waals surface area contributed by atoms with Gasteiger partial charge >= 0.3 is 5.97 Å². The van der Waals surface area contributed by atoms with E-state index in [1.807, 2.05) is 0 Å². The zero-order valence-corrected chi connectivity index (χ0v) is 12.5. The first-order valence-electron chi connectivity index (χ1n) is 6.81. The van der Waals surface area contributed by atoms with Crippen LogP contribution in [-0.2, 0) is 11.3 Å². The van der Waals surface area contributed by atoms with Crippen molar-refractivity contribution in [1.82, 2.24) is 19.7 Å². The van der Waals surface area contributed by atoms with Crippen LogP contribution in [0.5, 0.6) is 0 Å². The second-order valence-corrected chi connectivity index (χ2v) is 6.04.